The lowest BCUT2D eigenvalue weighted by Gasteiger charge is -2.28. The lowest BCUT2D eigenvalue weighted by atomic mass is 9.94. The van der Waals surface area contributed by atoms with Crippen molar-refractivity contribution in [3.05, 3.63) is 46.5 Å². The van der Waals surface area contributed by atoms with E-state index >= 15 is 0 Å². The van der Waals surface area contributed by atoms with E-state index in [1.54, 1.807) is 13.0 Å². The van der Waals surface area contributed by atoms with Crippen molar-refractivity contribution in [1.29, 1.82) is 0 Å². The molecule has 1 aliphatic heterocycles. The lowest BCUT2D eigenvalue weighted by molar-refractivity contribution is -0.265. The number of carbonyl (C=O) groups is 2. The largest absolute Gasteiger partial charge is 0.530 e. The summed E-state index contributed by atoms with van der Waals surface area (Å²) in [4.78, 5) is 23.5. The van der Waals surface area contributed by atoms with Crippen molar-refractivity contribution in [2.24, 2.45) is 0 Å². The number of amides is 1. The van der Waals surface area contributed by atoms with Gasteiger partial charge in [-0.3, -0.25) is 0 Å². The van der Waals surface area contributed by atoms with E-state index in [1.807, 2.05) is 0 Å². The van der Waals surface area contributed by atoms with Gasteiger partial charge in [0.05, 0.1) is 17.7 Å². The van der Waals surface area contributed by atoms with Crippen LogP contribution in [0.15, 0.2) is 29.8 Å². The first kappa shape index (κ1) is 18.8. The molecule has 0 fully saturated rings. The molecule has 1 aromatic rings. The molecule has 0 aliphatic carbocycles. The highest BCUT2D eigenvalue weighted by Crippen LogP contribution is 2.34. The minimum absolute atomic E-state index is 0.0358. The van der Waals surface area contributed by atoms with Crippen LogP contribution in [0.2, 0.25) is 0 Å². The monoisotopic (exact) mass is 356 g/mol. The van der Waals surface area contributed by atoms with Gasteiger partial charge in [-0.25, -0.2) is 4.79 Å². The molecule has 25 heavy (non-hydrogen) atoms. The number of hydrogen-bond donors (Lipinski definition) is 0. The van der Waals surface area contributed by atoms with Gasteiger partial charge in [0, 0.05) is 13.1 Å². The number of alkyl halides is 3. The van der Waals surface area contributed by atoms with E-state index in [0.29, 0.717) is 12.0 Å². The minimum atomic E-state index is -4.61. The molecule has 0 saturated heterocycles. The molecule has 1 amide bonds. The SMILES string of the molecule is CCOC(=O)c1ccc(CC2=CCN(C(=O)[O-])CC2)c(C(F)(F)F)c1. The summed E-state index contributed by atoms with van der Waals surface area (Å²) in [6.45, 7) is 1.93. The summed E-state index contributed by atoms with van der Waals surface area (Å²) >= 11 is 0. The number of hydrogen-bond acceptors (Lipinski definition) is 4. The zero-order chi connectivity index (χ0) is 18.6. The Kier molecular flexibility index (Phi) is 5.71. The average Bonchev–Trinajstić information content (AvgIpc) is 2.55. The molecule has 8 heteroatoms. The van der Waals surface area contributed by atoms with Gasteiger partial charge in [0.15, 0.2) is 0 Å². The second-order valence-electron chi connectivity index (χ2n) is 5.59. The summed E-state index contributed by atoms with van der Waals surface area (Å²) in [5, 5.41) is 10.8. The molecule has 1 aromatic carbocycles. The number of esters is 1. The fourth-order valence-corrected chi connectivity index (χ4v) is 2.62. The Morgan fingerprint density at radius 2 is 2.04 bits per heavy atom. The number of rotatable bonds is 4. The van der Waals surface area contributed by atoms with Gasteiger partial charge in [0.25, 0.3) is 0 Å². The van der Waals surface area contributed by atoms with Gasteiger partial charge in [-0.15, -0.1) is 0 Å². The number of halogens is 3. The van der Waals surface area contributed by atoms with Gasteiger partial charge >= 0.3 is 12.1 Å². The molecule has 2 rings (SSSR count). The third-order valence-electron chi connectivity index (χ3n) is 3.91. The smallest absolute Gasteiger partial charge is 0.416 e. The summed E-state index contributed by atoms with van der Waals surface area (Å²) in [6.07, 6.45) is -3.93. The van der Waals surface area contributed by atoms with E-state index < -0.39 is 23.8 Å². The Labute approximate surface area is 142 Å². The number of ether oxygens (including phenoxy) is 1. The van der Waals surface area contributed by atoms with Crippen molar-refractivity contribution in [1.82, 2.24) is 4.90 Å². The van der Waals surface area contributed by atoms with Crippen LogP contribution < -0.4 is 5.11 Å². The van der Waals surface area contributed by atoms with Crippen LogP contribution in [0.25, 0.3) is 0 Å². The van der Waals surface area contributed by atoms with Crippen molar-refractivity contribution >= 4 is 12.1 Å². The average molecular weight is 356 g/mol. The maximum absolute atomic E-state index is 13.3. The zero-order valence-electron chi connectivity index (χ0n) is 13.6. The molecule has 0 bridgehead atoms. The maximum atomic E-state index is 13.3. The van der Waals surface area contributed by atoms with Crippen LogP contribution in [0, 0.1) is 0 Å². The number of carboxylic acid groups (broad SMARTS) is 1. The van der Waals surface area contributed by atoms with Crippen molar-refractivity contribution in [3.8, 4) is 0 Å². The van der Waals surface area contributed by atoms with Crippen molar-refractivity contribution in [3.63, 3.8) is 0 Å². The van der Waals surface area contributed by atoms with E-state index in [2.05, 4.69) is 0 Å². The van der Waals surface area contributed by atoms with Gasteiger partial charge < -0.3 is 19.5 Å². The first-order chi connectivity index (χ1) is 11.7. The minimum Gasteiger partial charge on any atom is -0.530 e. The highest BCUT2D eigenvalue weighted by molar-refractivity contribution is 5.89. The molecule has 136 valence electrons. The second-order valence-corrected chi connectivity index (χ2v) is 5.59. The second kappa shape index (κ2) is 7.58. The predicted molar refractivity (Wildman–Crippen MR) is 80.8 cm³/mol. The third kappa shape index (κ3) is 4.74. The first-order valence-corrected chi connectivity index (χ1v) is 7.73. The third-order valence-corrected chi connectivity index (χ3v) is 3.91. The lowest BCUT2D eigenvalue weighted by Crippen LogP contribution is -2.43. The summed E-state index contributed by atoms with van der Waals surface area (Å²) < 4.78 is 44.7. The molecule has 0 N–H and O–H groups in total. The molecular weight excluding hydrogens is 339 g/mol. The van der Waals surface area contributed by atoms with Gasteiger partial charge in [-0.2, -0.15) is 13.2 Å². The number of carbonyl (C=O) groups excluding carboxylic acids is 2. The van der Waals surface area contributed by atoms with Crippen molar-refractivity contribution < 1.29 is 32.6 Å². The number of nitrogens with zero attached hydrogens (tertiary/aromatic N) is 1. The van der Waals surface area contributed by atoms with Crippen LogP contribution in [0.3, 0.4) is 0 Å². The maximum Gasteiger partial charge on any atom is 0.416 e. The normalized spacial score (nSPS) is 14.9. The fourth-order valence-electron chi connectivity index (χ4n) is 2.62. The zero-order valence-corrected chi connectivity index (χ0v) is 13.6. The van der Waals surface area contributed by atoms with E-state index in [0.717, 1.165) is 11.0 Å². The molecule has 0 spiro atoms. The highest BCUT2D eigenvalue weighted by atomic mass is 19.4. The van der Waals surface area contributed by atoms with Gasteiger partial charge in [-0.05, 0) is 37.5 Å². The van der Waals surface area contributed by atoms with Crippen LogP contribution in [-0.4, -0.2) is 36.7 Å². The van der Waals surface area contributed by atoms with Crippen LogP contribution in [0.5, 0.6) is 0 Å². The van der Waals surface area contributed by atoms with Gasteiger partial charge in [-0.1, -0.05) is 17.7 Å². The van der Waals surface area contributed by atoms with Gasteiger partial charge in [0.1, 0.15) is 6.09 Å². The van der Waals surface area contributed by atoms with E-state index in [-0.39, 0.29) is 37.2 Å². The van der Waals surface area contributed by atoms with Crippen LogP contribution in [0.4, 0.5) is 18.0 Å². The molecular formula is C17H17F3NO4-. The Morgan fingerprint density at radius 3 is 2.56 bits per heavy atom. The van der Waals surface area contributed by atoms with Gasteiger partial charge in [0.2, 0.25) is 0 Å². The summed E-state index contributed by atoms with van der Waals surface area (Å²) in [7, 11) is 0. The quantitative estimate of drug-likeness (QED) is 0.614. The summed E-state index contributed by atoms with van der Waals surface area (Å²) in [5.41, 5.74) is -0.291. The molecule has 0 saturated carbocycles. The first-order valence-electron chi connectivity index (χ1n) is 7.73. The Morgan fingerprint density at radius 1 is 1.32 bits per heavy atom. The molecule has 0 unspecified atom stereocenters. The molecule has 0 atom stereocenters. The summed E-state index contributed by atoms with van der Waals surface area (Å²) in [5.74, 6) is -0.805. The topological polar surface area (TPSA) is 69.7 Å². The van der Waals surface area contributed by atoms with Crippen LogP contribution >= 0.6 is 0 Å². The molecule has 1 aliphatic rings. The Hall–Kier alpha value is -2.51. The standard InChI is InChI=1S/C17H18F3NO4/c1-2-25-15(22)13-4-3-12(14(10-13)17(18,19)20)9-11-5-7-21(8-6-11)16(23)24/h3-5,10H,2,6-9H2,1H3,(H,23,24)/p-1. The Balaban J connectivity index is 2.26. The molecule has 0 aromatic heterocycles. The predicted octanol–water partition coefficient (Wildman–Crippen LogP) is 2.40. The van der Waals surface area contributed by atoms with E-state index in [9.17, 15) is 27.9 Å². The Bertz CT molecular complexity index is 698. The molecule has 0 radical (unpaired) electrons. The van der Waals surface area contributed by atoms with E-state index in [4.69, 9.17) is 4.74 Å². The summed E-state index contributed by atoms with van der Waals surface area (Å²) in [6, 6.07) is 3.37. The van der Waals surface area contributed by atoms with E-state index in [1.165, 1.54) is 12.1 Å². The number of benzene rings is 1. The molecule has 1 heterocycles. The fraction of sp³-hybridized carbons (Fsp3) is 0.412. The highest BCUT2D eigenvalue weighted by Gasteiger charge is 2.34. The van der Waals surface area contributed by atoms with Crippen LogP contribution in [-0.2, 0) is 17.3 Å². The van der Waals surface area contributed by atoms with Crippen molar-refractivity contribution in [2.45, 2.75) is 25.9 Å². The van der Waals surface area contributed by atoms with Crippen LogP contribution in [0.1, 0.15) is 34.8 Å². The van der Waals surface area contributed by atoms with Crippen molar-refractivity contribution in [2.75, 3.05) is 19.7 Å². The molecule has 5 nitrogen and oxygen atoms in total.